The fourth-order valence-electron chi connectivity index (χ4n) is 2.21. The van der Waals surface area contributed by atoms with Gasteiger partial charge < -0.3 is 4.90 Å². The zero-order chi connectivity index (χ0) is 14.4. The molecule has 4 rings (SSSR count). The second kappa shape index (κ2) is 5.04. The average molecular weight is 340 g/mol. The summed E-state index contributed by atoms with van der Waals surface area (Å²) in [5.41, 5.74) is 0. The van der Waals surface area contributed by atoms with Crippen LogP contribution in [0.1, 0.15) is 28.3 Å². The fourth-order valence-corrected chi connectivity index (χ4v) is 4.71. The van der Waals surface area contributed by atoms with Crippen LogP contribution in [0.5, 0.6) is 0 Å². The van der Waals surface area contributed by atoms with E-state index in [1.807, 2.05) is 17.0 Å². The number of carbonyl (C=O) groups is 1. The van der Waals surface area contributed by atoms with Gasteiger partial charge in [-0.25, -0.2) is 0 Å². The van der Waals surface area contributed by atoms with Crippen LogP contribution in [-0.4, -0.2) is 37.5 Å². The minimum absolute atomic E-state index is 0.0341. The van der Waals surface area contributed by atoms with Crippen molar-refractivity contribution >= 4 is 49.6 Å². The van der Waals surface area contributed by atoms with Gasteiger partial charge in [0.2, 0.25) is 0 Å². The molecule has 1 aliphatic rings. The van der Waals surface area contributed by atoms with Gasteiger partial charge in [-0.2, -0.15) is 5.21 Å². The Hall–Kier alpha value is -1.51. The lowest BCUT2D eigenvalue weighted by molar-refractivity contribution is 0.0730. The first-order valence-electron chi connectivity index (χ1n) is 6.43. The van der Waals surface area contributed by atoms with Crippen molar-refractivity contribution < 1.29 is 4.79 Å². The minimum atomic E-state index is 0.0341. The fraction of sp³-hybridized carbons (Fsp3) is 0.333. The van der Waals surface area contributed by atoms with Crippen molar-refractivity contribution in [2.75, 3.05) is 0 Å². The number of aromatic amines is 1. The summed E-state index contributed by atoms with van der Waals surface area (Å²) in [6, 6.07) is 4.12. The first-order valence-corrected chi connectivity index (χ1v) is 8.44. The second-order valence-corrected chi connectivity index (χ2v) is 7.68. The molecule has 1 fully saturated rings. The molecule has 0 aromatic carbocycles. The minimum Gasteiger partial charge on any atom is -0.327 e. The Morgan fingerprint density at radius 2 is 2.19 bits per heavy atom. The number of aromatic nitrogens is 4. The molecule has 0 spiro atoms. The zero-order valence-corrected chi connectivity index (χ0v) is 13.1. The van der Waals surface area contributed by atoms with Gasteiger partial charge in [-0.1, -0.05) is 16.8 Å². The number of thiophene rings is 2. The first-order chi connectivity index (χ1) is 10.2. The van der Waals surface area contributed by atoms with E-state index in [0.29, 0.717) is 18.4 Å². The van der Waals surface area contributed by atoms with Gasteiger partial charge in [0, 0.05) is 15.4 Å². The third-order valence-electron chi connectivity index (χ3n) is 3.34. The van der Waals surface area contributed by atoms with E-state index in [2.05, 4.69) is 20.6 Å². The summed E-state index contributed by atoms with van der Waals surface area (Å²) in [6.45, 7) is 0.395. The lowest BCUT2D eigenvalue weighted by atomic mass is 10.3. The molecule has 3 aromatic heterocycles. The molecule has 1 N–H and O–H groups in total. The van der Waals surface area contributed by atoms with Gasteiger partial charge in [0.1, 0.15) is 0 Å². The normalized spacial score (nSPS) is 14.7. The summed E-state index contributed by atoms with van der Waals surface area (Å²) in [7, 11) is 0. The van der Waals surface area contributed by atoms with Crippen LogP contribution in [0.3, 0.4) is 0 Å². The van der Waals surface area contributed by atoms with Crippen LogP contribution in [0.2, 0.25) is 4.34 Å². The Morgan fingerprint density at radius 3 is 2.86 bits per heavy atom. The number of nitrogens with one attached hydrogen (secondary N) is 1. The van der Waals surface area contributed by atoms with Crippen LogP contribution in [0.4, 0.5) is 0 Å². The highest BCUT2D eigenvalue weighted by Gasteiger charge is 2.34. The van der Waals surface area contributed by atoms with Crippen LogP contribution < -0.4 is 0 Å². The van der Waals surface area contributed by atoms with E-state index >= 15 is 0 Å². The topological polar surface area (TPSA) is 74.8 Å². The number of fused-ring (bicyclic) bond motifs is 1. The lowest BCUT2D eigenvalue weighted by Crippen LogP contribution is -2.32. The van der Waals surface area contributed by atoms with E-state index in [0.717, 1.165) is 31.5 Å². The predicted octanol–water partition coefficient (Wildman–Crippen LogP) is 2.93. The number of halogens is 1. The number of hydrogen-bond donors (Lipinski definition) is 1. The number of nitrogens with zero attached hydrogens (tertiary/aromatic N) is 4. The molecule has 0 saturated heterocycles. The summed E-state index contributed by atoms with van der Waals surface area (Å²) in [6.07, 6.45) is 2.07. The molecule has 0 radical (unpaired) electrons. The Bertz CT molecular complexity index is 760. The number of hydrogen-bond acceptors (Lipinski definition) is 6. The summed E-state index contributed by atoms with van der Waals surface area (Å²) in [5, 5.41) is 13.8. The Labute approximate surface area is 132 Å². The molecule has 1 amide bonds. The van der Waals surface area contributed by atoms with Gasteiger partial charge in [-0.15, -0.1) is 32.9 Å². The van der Waals surface area contributed by atoms with Crippen molar-refractivity contribution in [1.82, 2.24) is 25.5 Å². The van der Waals surface area contributed by atoms with Crippen molar-refractivity contribution in [2.45, 2.75) is 25.4 Å². The molecular weight excluding hydrogens is 330 g/mol. The van der Waals surface area contributed by atoms with Crippen LogP contribution in [0.15, 0.2) is 12.1 Å². The van der Waals surface area contributed by atoms with Gasteiger partial charge in [-0.3, -0.25) is 4.79 Å². The molecule has 0 bridgehead atoms. The van der Waals surface area contributed by atoms with E-state index in [-0.39, 0.29) is 5.91 Å². The highest BCUT2D eigenvalue weighted by Crippen LogP contribution is 2.37. The number of amides is 1. The van der Waals surface area contributed by atoms with E-state index in [9.17, 15) is 4.79 Å². The first kappa shape index (κ1) is 13.2. The zero-order valence-electron chi connectivity index (χ0n) is 10.7. The monoisotopic (exact) mass is 339 g/mol. The third-order valence-corrected chi connectivity index (χ3v) is 5.75. The molecule has 9 heteroatoms. The SMILES string of the molecule is O=C(c1cc2sc(Cl)cc2s1)N(Cc1nn[nH]n1)C1CC1. The molecule has 1 saturated carbocycles. The van der Waals surface area contributed by atoms with Gasteiger partial charge in [-0.05, 0) is 25.0 Å². The molecule has 1 aliphatic carbocycles. The van der Waals surface area contributed by atoms with Crippen LogP contribution >= 0.6 is 34.3 Å². The van der Waals surface area contributed by atoms with Crippen molar-refractivity contribution in [3.8, 4) is 0 Å². The molecule has 0 unspecified atom stereocenters. The van der Waals surface area contributed by atoms with Crippen molar-refractivity contribution in [3.05, 3.63) is 27.2 Å². The summed E-state index contributed by atoms with van der Waals surface area (Å²) in [5.74, 6) is 0.573. The van der Waals surface area contributed by atoms with Crippen LogP contribution in [0, 0.1) is 0 Å². The smallest absolute Gasteiger partial charge is 0.264 e. The molecule has 0 atom stereocenters. The summed E-state index contributed by atoms with van der Waals surface area (Å²) >= 11 is 8.96. The predicted molar refractivity (Wildman–Crippen MR) is 81.8 cm³/mol. The molecule has 0 aliphatic heterocycles. The van der Waals surface area contributed by atoms with Crippen molar-refractivity contribution in [3.63, 3.8) is 0 Å². The quantitative estimate of drug-likeness (QED) is 0.793. The Kier molecular flexibility index (Phi) is 3.16. The van der Waals surface area contributed by atoms with E-state index in [1.54, 1.807) is 0 Å². The maximum Gasteiger partial charge on any atom is 0.264 e. The maximum absolute atomic E-state index is 12.7. The van der Waals surface area contributed by atoms with E-state index < -0.39 is 0 Å². The molecule has 6 nitrogen and oxygen atoms in total. The van der Waals surface area contributed by atoms with Crippen LogP contribution in [0.25, 0.3) is 9.40 Å². The lowest BCUT2D eigenvalue weighted by Gasteiger charge is -2.19. The molecule has 21 heavy (non-hydrogen) atoms. The van der Waals surface area contributed by atoms with E-state index in [4.69, 9.17) is 11.6 Å². The highest BCUT2D eigenvalue weighted by atomic mass is 35.5. The standard InChI is InChI=1S/C12H10ClN5OS2/c13-10-4-8-7(21-10)3-9(20-8)12(19)18(6-1-2-6)5-11-14-16-17-15-11/h3-4,6H,1-2,5H2,(H,14,15,16,17). The summed E-state index contributed by atoms with van der Waals surface area (Å²) < 4.78 is 2.87. The Balaban J connectivity index is 1.62. The highest BCUT2D eigenvalue weighted by molar-refractivity contribution is 7.30. The van der Waals surface area contributed by atoms with Crippen molar-refractivity contribution in [2.24, 2.45) is 0 Å². The average Bonchev–Trinajstić information content (AvgIpc) is 2.86. The number of tetrazole rings is 1. The number of rotatable bonds is 4. The van der Waals surface area contributed by atoms with Gasteiger partial charge in [0.25, 0.3) is 5.91 Å². The summed E-state index contributed by atoms with van der Waals surface area (Å²) in [4.78, 5) is 15.3. The van der Waals surface area contributed by atoms with Gasteiger partial charge in [0.15, 0.2) is 5.82 Å². The molecule has 3 heterocycles. The maximum atomic E-state index is 12.7. The largest absolute Gasteiger partial charge is 0.327 e. The Morgan fingerprint density at radius 1 is 1.38 bits per heavy atom. The molecular formula is C12H10ClN5OS2. The van der Waals surface area contributed by atoms with Gasteiger partial charge >= 0.3 is 0 Å². The van der Waals surface area contributed by atoms with E-state index in [1.165, 1.54) is 22.7 Å². The van der Waals surface area contributed by atoms with Crippen LogP contribution in [-0.2, 0) is 6.54 Å². The molecule has 3 aromatic rings. The number of H-pyrrole nitrogens is 1. The second-order valence-electron chi connectivity index (χ2n) is 4.88. The van der Waals surface area contributed by atoms with Crippen molar-refractivity contribution in [1.29, 1.82) is 0 Å². The number of carbonyl (C=O) groups excluding carboxylic acids is 1. The third kappa shape index (κ3) is 2.54. The van der Waals surface area contributed by atoms with Gasteiger partial charge in [0.05, 0.1) is 15.8 Å². The molecule has 108 valence electrons.